The molecule has 0 fully saturated rings. The van der Waals surface area contributed by atoms with Gasteiger partial charge < -0.3 is 5.32 Å². The molecule has 6 nitrogen and oxygen atoms in total. The van der Waals surface area contributed by atoms with Crippen LogP contribution in [0.15, 0.2) is 34.0 Å². The van der Waals surface area contributed by atoms with Crippen LogP contribution in [-0.4, -0.2) is 21.6 Å². The van der Waals surface area contributed by atoms with Crippen molar-refractivity contribution in [2.45, 2.75) is 6.54 Å². The zero-order valence-corrected chi connectivity index (χ0v) is 9.61. The zero-order chi connectivity index (χ0) is 13.1. The lowest BCUT2D eigenvalue weighted by molar-refractivity contribution is 0.564. The molecule has 94 valence electrons. The maximum Gasteiger partial charge on any atom is 0.328 e. The van der Waals surface area contributed by atoms with E-state index in [0.717, 1.165) is 10.8 Å². The Labute approximate surface area is 101 Å². The number of rotatable bonds is 3. The number of aromatic nitrogens is 3. The van der Waals surface area contributed by atoms with Crippen molar-refractivity contribution in [2.24, 2.45) is 0 Å². The van der Waals surface area contributed by atoms with Crippen molar-refractivity contribution in [1.29, 1.82) is 0 Å². The molecule has 18 heavy (non-hydrogen) atoms. The van der Waals surface area contributed by atoms with Crippen LogP contribution in [0.4, 0.5) is 10.2 Å². The van der Waals surface area contributed by atoms with E-state index in [9.17, 15) is 14.0 Å². The van der Waals surface area contributed by atoms with E-state index in [0.29, 0.717) is 11.5 Å². The molecule has 0 atom stereocenters. The van der Waals surface area contributed by atoms with Crippen LogP contribution in [0.3, 0.4) is 0 Å². The molecule has 2 N–H and O–H groups in total. The summed E-state index contributed by atoms with van der Waals surface area (Å²) >= 11 is 0. The molecule has 2 heterocycles. The van der Waals surface area contributed by atoms with Gasteiger partial charge in [0.05, 0.1) is 18.4 Å². The number of nitrogens with one attached hydrogen (secondary N) is 2. The maximum atomic E-state index is 13.1. The van der Waals surface area contributed by atoms with E-state index in [-0.39, 0.29) is 6.54 Å². The van der Waals surface area contributed by atoms with Crippen LogP contribution >= 0.6 is 0 Å². The van der Waals surface area contributed by atoms with Gasteiger partial charge in [-0.2, -0.15) is 4.39 Å². The second kappa shape index (κ2) is 4.82. The van der Waals surface area contributed by atoms with Crippen molar-refractivity contribution in [1.82, 2.24) is 14.5 Å². The molecule has 0 amide bonds. The first-order valence-electron chi connectivity index (χ1n) is 5.23. The highest BCUT2D eigenvalue weighted by Crippen LogP contribution is 2.04. The molecule has 0 saturated carbocycles. The Bertz CT molecular complexity index is 677. The first-order chi connectivity index (χ1) is 8.60. The Balaban J connectivity index is 2.36. The van der Waals surface area contributed by atoms with E-state index in [4.69, 9.17) is 0 Å². The smallest absolute Gasteiger partial charge is 0.328 e. The number of aromatic amines is 1. The number of anilines is 1. The van der Waals surface area contributed by atoms with Gasteiger partial charge in [0.2, 0.25) is 5.82 Å². The molecule has 0 aromatic carbocycles. The summed E-state index contributed by atoms with van der Waals surface area (Å²) in [4.78, 5) is 28.4. The van der Waals surface area contributed by atoms with E-state index < -0.39 is 17.1 Å². The highest BCUT2D eigenvalue weighted by molar-refractivity contribution is 5.34. The molecule has 2 rings (SSSR count). The summed E-state index contributed by atoms with van der Waals surface area (Å²) in [5.41, 5.74) is -1.11. The molecule has 2 aromatic rings. The molecule has 7 heteroatoms. The Morgan fingerprint density at radius 3 is 2.94 bits per heavy atom. The quantitative estimate of drug-likeness (QED) is 0.813. The molecule has 0 unspecified atom stereocenters. The van der Waals surface area contributed by atoms with Gasteiger partial charge in [0.1, 0.15) is 5.82 Å². The van der Waals surface area contributed by atoms with E-state index in [1.54, 1.807) is 25.2 Å². The predicted molar refractivity (Wildman–Crippen MR) is 64.2 cm³/mol. The van der Waals surface area contributed by atoms with E-state index in [1.165, 1.54) is 0 Å². The van der Waals surface area contributed by atoms with Crippen LogP contribution in [0.25, 0.3) is 0 Å². The Hall–Kier alpha value is -2.44. The van der Waals surface area contributed by atoms with E-state index in [1.807, 2.05) is 4.98 Å². The summed E-state index contributed by atoms with van der Waals surface area (Å²) in [7, 11) is 1.72. The Kier molecular flexibility index (Phi) is 3.22. The lowest BCUT2D eigenvalue weighted by Crippen LogP contribution is -2.31. The third-order valence-corrected chi connectivity index (χ3v) is 2.36. The van der Waals surface area contributed by atoms with Crippen LogP contribution in [0.5, 0.6) is 0 Å². The molecule has 0 bridgehead atoms. The molecule has 0 aliphatic carbocycles. The number of hydrogen-bond donors (Lipinski definition) is 2. The van der Waals surface area contributed by atoms with Crippen LogP contribution in [0.2, 0.25) is 0 Å². The SMILES string of the molecule is CNc1cccc(Cn2cc(F)c(=O)[nH]c2=O)n1. The molecule has 0 aliphatic heterocycles. The Morgan fingerprint density at radius 2 is 2.22 bits per heavy atom. The monoisotopic (exact) mass is 250 g/mol. The van der Waals surface area contributed by atoms with Gasteiger partial charge in [0.25, 0.3) is 5.56 Å². The fourth-order valence-electron chi connectivity index (χ4n) is 1.48. The fraction of sp³-hybridized carbons (Fsp3) is 0.182. The number of nitrogens with zero attached hydrogens (tertiary/aromatic N) is 2. The minimum atomic E-state index is -1.02. The van der Waals surface area contributed by atoms with Gasteiger partial charge in [-0.25, -0.2) is 9.78 Å². The summed E-state index contributed by atoms with van der Waals surface area (Å²) in [6.45, 7) is 0.0854. The lowest BCUT2D eigenvalue weighted by Gasteiger charge is -2.06. The number of halogens is 1. The lowest BCUT2D eigenvalue weighted by atomic mass is 10.3. The summed E-state index contributed by atoms with van der Waals surface area (Å²) < 4.78 is 14.1. The average Bonchev–Trinajstić information content (AvgIpc) is 2.36. The standard InChI is InChI=1S/C11H11FN4O2/c1-13-9-4-2-3-7(14-9)5-16-6-8(12)10(17)15-11(16)18/h2-4,6H,5H2,1H3,(H,13,14)(H,15,17,18). The summed E-state index contributed by atoms with van der Waals surface area (Å²) in [6.07, 6.45) is 0.870. The zero-order valence-electron chi connectivity index (χ0n) is 9.61. The van der Waals surface area contributed by atoms with Gasteiger partial charge in [0, 0.05) is 7.05 Å². The van der Waals surface area contributed by atoms with Crippen LogP contribution in [0.1, 0.15) is 5.69 Å². The summed E-state index contributed by atoms with van der Waals surface area (Å²) in [6, 6.07) is 5.23. The van der Waals surface area contributed by atoms with Crippen molar-refractivity contribution in [3.05, 3.63) is 56.7 Å². The van der Waals surface area contributed by atoms with Crippen molar-refractivity contribution >= 4 is 5.82 Å². The van der Waals surface area contributed by atoms with Crippen molar-refractivity contribution in [3.63, 3.8) is 0 Å². The summed E-state index contributed by atoms with van der Waals surface area (Å²) in [5, 5.41) is 2.86. The highest BCUT2D eigenvalue weighted by atomic mass is 19.1. The Morgan fingerprint density at radius 1 is 1.44 bits per heavy atom. The van der Waals surface area contributed by atoms with Gasteiger partial charge in [-0.05, 0) is 12.1 Å². The number of hydrogen-bond acceptors (Lipinski definition) is 4. The second-order valence-electron chi connectivity index (χ2n) is 3.63. The topological polar surface area (TPSA) is 79.8 Å². The van der Waals surface area contributed by atoms with Crippen molar-refractivity contribution < 1.29 is 4.39 Å². The largest absolute Gasteiger partial charge is 0.373 e. The van der Waals surface area contributed by atoms with Gasteiger partial charge in [0.15, 0.2) is 0 Å². The van der Waals surface area contributed by atoms with Gasteiger partial charge >= 0.3 is 5.69 Å². The predicted octanol–water partition coefficient (Wildman–Crippen LogP) is 0.161. The normalized spacial score (nSPS) is 10.3. The van der Waals surface area contributed by atoms with E-state index in [2.05, 4.69) is 10.3 Å². The molecule has 2 aromatic heterocycles. The van der Waals surface area contributed by atoms with Crippen LogP contribution < -0.4 is 16.6 Å². The second-order valence-corrected chi connectivity index (χ2v) is 3.63. The first kappa shape index (κ1) is 12.0. The van der Waals surface area contributed by atoms with E-state index >= 15 is 0 Å². The average molecular weight is 250 g/mol. The van der Waals surface area contributed by atoms with Gasteiger partial charge in [-0.1, -0.05) is 6.07 Å². The van der Waals surface area contributed by atoms with Gasteiger partial charge in [-0.15, -0.1) is 0 Å². The maximum absolute atomic E-state index is 13.1. The number of pyridine rings is 1. The molecule has 0 aliphatic rings. The van der Waals surface area contributed by atoms with Crippen molar-refractivity contribution in [2.75, 3.05) is 12.4 Å². The van der Waals surface area contributed by atoms with Gasteiger partial charge in [-0.3, -0.25) is 14.3 Å². The minimum Gasteiger partial charge on any atom is -0.373 e. The van der Waals surface area contributed by atoms with Crippen LogP contribution in [-0.2, 0) is 6.54 Å². The third kappa shape index (κ3) is 2.45. The van der Waals surface area contributed by atoms with Crippen LogP contribution in [0, 0.1) is 5.82 Å². The molecule has 0 spiro atoms. The molecule has 0 radical (unpaired) electrons. The highest BCUT2D eigenvalue weighted by Gasteiger charge is 2.05. The molecule has 0 saturated heterocycles. The fourth-order valence-corrected chi connectivity index (χ4v) is 1.48. The molecular formula is C11H11FN4O2. The first-order valence-corrected chi connectivity index (χ1v) is 5.23. The third-order valence-electron chi connectivity index (χ3n) is 2.36. The number of H-pyrrole nitrogens is 1. The van der Waals surface area contributed by atoms with Crippen molar-refractivity contribution in [3.8, 4) is 0 Å². The minimum absolute atomic E-state index is 0.0854. The molecular weight excluding hydrogens is 239 g/mol. The summed E-state index contributed by atoms with van der Waals surface area (Å²) in [5.74, 6) is -0.357.